The maximum Gasteiger partial charge on any atom is 0.317 e. The summed E-state index contributed by atoms with van der Waals surface area (Å²) in [5.41, 5.74) is 9.14. The smallest absolute Gasteiger partial charge is 0.317 e. The van der Waals surface area contributed by atoms with Gasteiger partial charge in [0.2, 0.25) is 0 Å². The van der Waals surface area contributed by atoms with E-state index in [4.69, 9.17) is 10.2 Å². The van der Waals surface area contributed by atoms with Gasteiger partial charge in [0.15, 0.2) is 0 Å². The second-order valence-electron chi connectivity index (χ2n) is 3.12. The van der Waals surface area contributed by atoms with Gasteiger partial charge in [-0.2, -0.15) is 0 Å². The van der Waals surface area contributed by atoms with Gasteiger partial charge >= 0.3 is 11.9 Å². The molecule has 2 saturated carbocycles. The zero-order valence-corrected chi connectivity index (χ0v) is 13.1. The maximum atomic E-state index is 9.24. The van der Waals surface area contributed by atoms with Gasteiger partial charge in [-0.1, -0.05) is 0 Å². The molecule has 0 aliphatic heterocycles. The van der Waals surface area contributed by atoms with Crippen LogP contribution in [0.4, 0.5) is 0 Å². The second kappa shape index (κ2) is 21.9. The third-order valence-corrected chi connectivity index (χ3v) is 1.46. The molecule has 2 aliphatic rings. The van der Waals surface area contributed by atoms with Crippen molar-refractivity contribution in [2.75, 3.05) is 13.1 Å². The van der Waals surface area contributed by atoms with E-state index in [-0.39, 0.29) is 34.8 Å². The monoisotopic (exact) mass is 328 g/mol. The molecule has 0 heterocycles. The van der Waals surface area contributed by atoms with E-state index in [1.54, 1.807) is 0 Å². The van der Waals surface area contributed by atoms with Gasteiger partial charge in [0, 0.05) is 21.7 Å². The van der Waals surface area contributed by atoms with Gasteiger partial charge in [-0.05, 0) is 64.2 Å². The normalized spacial score (nSPS) is 15.0. The third kappa shape index (κ3) is 32.8. The predicted octanol–water partition coefficient (Wildman–Crippen LogP) is 0.0998. The minimum atomic E-state index is -0.968. The number of nitrogens with two attached hydrogens (primary N) is 2. The first kappa shape index (κ1) is 25.5. The Labute approximate surface area is 142 Å². The molecule has 0 amide bonds. The summed E-state index contributed by atoms with van der Waals surface area (Å²) in [6.07, 6.45) is 20.0. The molecule has 2 aliphatic carbocycles. The summed E-state index contributed by atoms with van der Waals surface area (Å²) in [5, 5.41) is 15.2. The van der Waals surface area contributed by atoms with E-state index in [0.717, 1.165) is 0 Å². The van der Waals surface area contributed by atoms with Crippen LogP contribution in [0, 0.1) is 64.2 Å². The molecule has 7 heteroatoms. The zero-order valence-electron chi connectivity index (χ0n) is 11.6. The largest absolute Gasteiger partial charge is 0.480 e. The van der Waals surface area contributed by atoms with Crippen LogP contribution in [0.25, 0.3) is 0 Å². The fraction of sp³-hybridized carbons (Fsp3) is 0.143. The third-order valence-electron chi connectivity index (χ3n) is 1.46. The number of hydrogen-bond donors (Lipinski definition) is 4. The molecule has 6 N–H and O–H groups in total. The second-order valence-corrected chi connectivity index (χ2v) is 3.12. The number of carboxylic acid groups (broad SMARTS) is 2. The molecule has 0 atom stereocenters. The molecule has 2 rings (SSSR count). The standard InChI is InChI=1S/2C5H5.2C2H5NO2.Ti/c2*1-2-4-5-3-1;2*3-1-2(4)5;/h2*1-5H;2*1,3H2,(H,4,5);. The molecule has 2 fully saturated rings. The molecule has 114 valence electrons. The van der Waals surface area contributed by atoms with E-state index in [2.05, 4.69) is 11.5 Å². The molecule has 0 spiro atoms. The summed E-state index contributed by atoms with van der Waals surface area (Å²) in [5.74, 6) is -1.94. The fourth-order valence-electron chi connectivity index (χ4n) is 0.642. The maximum absolute atomic E-state index is 9.24. The molecule has 0 bridgehead atoms. The number of rotatable bonds is 2. The average molecular weight is 328 g/mol. The van der Waals surface area contributed by atoms with Crippen molar-refractivity contribution in [1.29, 1.82) is 0 Å². The molecule has 0 unspecified atom stereocenters. The van der Waals surface area contributed by atoms with Gasteiger partial charge in [0.05, 0.1) is 13.1 Å². The summed E-state index contributed by atoms with van der Waals surface area (Å²) in [6, 6.07) is 0. The van der Waals surface area contributed by atoms with Crippen LogP contribution in [0.1, 0.15) is 0 Å². The van der Waals surface area contributed by atoms with Crippen molar-refractivity contribution in [3.05, 3.63) is 64.2 Å². The Hall–Kier alpha value is -0.426. The quantitative estimate of drug-likeness (QED) is 0.533. The fourth-order valence-corrected chi connectivity index (χ4v) is 0.642. The SMILES string of the molecule is NCC(=O)O.NCC(=O)O.[CH]1[CH][CH][CH][CH]1.[CH]1[CH][CH][CH][CH]1.[Ti]. The summed E-state index contributed by atoms with van der Waals surface area (Å²) in [7, 11) is 0. The molecule has 10 radical (unpaired) electrons. The number of carboxylic acids is 2. The molecule has 21 heavy (non-hydrogen) atoms. The van der Waals surface area contributed by atoms with E-state index in [0.29, 0.717) is 0 Å². The topological polar surface area (TPSA) is 127 Å². The number of aliphatic carboxylic acids is 2. The van der Waals surface area contributed by atoms with Crippen molar-refractivity contribution in [2.24, 2.45) is 11.5 Å². The molecule has 0 saturated heterocycles. The van der Waals surface area contributed by atoms with E-state index in [9.17, 15) is 9.59 Å². The van der Waals surface area contributed by atoms with Crippen LogP contribution in [0.15, 0.2) is 0 Å². The van der Waals surface area contributed by atoms with E-state index < -0.39 is 11.9 Å². The van der Waals surface area contributed by atoms with Gasteiger partial charge < -0.3 is 21.7 Å². The van der Waals surface area contributed by atoms with E-state index in [1.807, 2.05) is 64.2 Å². The zero-order chi connectivity index (χ0) is 15.6. The summed E-state index contributed by atoms with van der Waals surface area (Å²) in [4.78, 5) is 18.5. The summed E-state index contributed by atoms with van der Waals surface area (Å²) >= 11 is 0. The van der Waals surface area contributed by atoms with Crippen molar-refractivity contribution in [3.8, 4) is 0 Å². The van der Waals surface area contributed by atoms with Gasteiger partial charge in [-0.3, -0.25) is 9.59 Å². The van der Waals surface area contributed by atoms with E-state index >= 15 is 0 Å². The van der Waals surface area contributed by atoms with Gasteiger partial charge in [-0.25, -0.2) is 0 Å². The Morgan fingerprint density at radius 2 is 0.714 bits per heavy atom. The van der Waals surface area contributed by atoms with Gasteiger partial charge in [0.25, 0.3) is 0 Å². The van der Waals surface area contributed by atoms with Crippen LogP contribution in [0.5, 0.6) is 0 Å². The van der Waals surface area contributed by atoms with Crippen LogP contribution in [0.3, 0.4) is 0 Å². The molecule has 6 nitrogen and oxygen atoms in total. The van der Waals surface area contributed by atoms with Crippen molar-refractivity contribution in [3.63, 3.8) is 0 Å². The number of carbonyl (C=O) groups is 2. The van der Waals surface area contributed by atoms with Crippen molar-refractivity contribution in [2.45, 2.75) is 0 Å². The summed E-state index contributed by atoms with van der Waals surface area (Å²) < 4.78 is 0. The Kier molecular flexibility index (Phi) is 26.6. The van der Waals surface area contributed by atoms with Crippen LogP contribution in [-0.4, -0.2) is 35.2 Å². The van der Waals surface area contributed by atoms with Gasteiger partial charge in [0.1, 0.15) is 0 Å². The van der Waals surface area contributed by atoms with Crippen molar-refractivity contribution in [1.82, 2.24) is 0 Å². The van der Waals surface area contributed by atoms with Crippen LogP contribution in [0.2, 0.25) is 0 Å². The Morgan fingerprint density at radius 3 is 0.762 bits per heavy atom. The summed E-state index contributed by atoms with van der Waals surface area (Å²) in [6.45, 7) is -0.556. The molecular formula is C14H20N2O4Ti. The van der Waals surface area contributed by atoms with Crippen molar-refractivity contribution < 1.29 is 41.5 Å². The molecule has 0 aromatic heterocycles. The number of hydrogen-bond acceptors (Lipinski definition) is 4. The Morgan fingerprint density at radius 1 is 0.619 bits per heavy atom. The first-order valence-corrected chi connectivity index (χ1v) is 5.71. The van der Waals surface area contributed by atoms with Gasteiger partial charge in [-0.15, -0.1) is 0 Å². The minimum Gasteiger partial charge on any atom is -0.480 e. The molecule has 0 aromatic rings. The van der Waals surface area contributed by atoms with Crippen LogP contribution < -0.4 is 11.5 Å². The van der Waals surface area contributed by atoms with Crippen LogP contribution >= 0.6 is 0 Å². The first-order chi connectivity index (χ1) is 9.54. The first-order valence-electron chi connectivity index (χ1n) is 5.71. The predicted molar refractivity (Wildman–Crippen MR) is 76.4 cm³/mol. The molecule has 0 aromatic carbocycles. The Balaban J connectivity index is -0.000000202. The van der Waals surface area contributed by atoms with E-state index in [1.165, 1.54) is 0 Å². The molecular weight excluding hydrogens is 308 g/mol. The minimum absolute atomic E-state index is 0. The average Bonchev–Trinajstić information content (AvgIpc) is 3.16. The Bertz CT molecular complexity index is 194. The van der Waals surface area contributed by atoms with Crippen molar-refractivity contribution >= 4 is 11.9 Å². The van der Waals surface area contributed by atoms with Crippen LogP contribution in [-0.2, 0) is 31.3 Å².